The molecule has 1 aromatic rings. The maximum atomic E-state index is 14.2. The van der Waals surface area contributed by atoms with Gasteiger partial charge in [0.2, 0.25) is 6.08 Å². The number of rotatable bonds is 13. The number of benzene rings is 1. The van der Waals surface area contributed by atoms with E-state index in [1.807, 2.05) is 0 Å². The molecule has 0 aromatic heterocycles. The number of hydrogen-bond donors (Lipinski definition) is 1. The fourth-order valence-corrected chi connectivity index (χ4v) is 3.43. The van der Waals surface area contributed by atoms with Gasteiger partial charge in [-0.15, -0.1) is 0 Å². The Morgan fingerprint density at radius 1 is 0.660 bits per heavy atom. The lowest BCUT2D eigenvalue weighted by atomic mass is 9.85. The molecule has 25 heteroatoms. The number of amides is 1. The first-order valence-corrected chi connectivity index (χ1v) is 11.4. The van der Waals surface area contributed by atoms with Gasteiger partial charge in [-0.1, -0.05) is 0 Å². The largest absolute Gasteiger partial charge is 0.460 e. The molecule has 47 heavy (non-hydrogen) atoms. The standard InChI is InChI=1S/C22H13F21N2O2/c1-8-5-10(3-4-11(8)44-7-46)12(47)45-9(2)6-13(23,24)14(25,26)15(27,28)16(29,30)17(31,32)18(33,34)19(35,36)20(37,38)21(39,40)22(41,42)43/h3-5,9H,6H2,1-2H3,(H,45,47). The quantitative estimate of drug-likeness (QED) is 0.125. The van der Waals surface area contributed by atoms with Crippen LogP contribution >= 0.6 is 0 Å². The van der Waals surface area contributed by atoms with Crippen molar-refractivity contribution in [2.24, 2.45) is 4.99 Å². The minimum Gasteiger partial charge on any atom is -0.349 e. The fourth-order valence-electron chi connectivity index (χ4n) is 3.43. The molecule has 1 aromatic carbocycles. The molecule has 1 N–H and O–H groups in total. The van der Waals surface area contributed by atoms with E-state index in [2.05, 4.69) is 4.99 Å². The van der Waals surface area contributed by atoms with E-state index in [4.69, 9.17) is 0 Å². The number of nitrogens with zero attached hydrogens (tertiary/aromatic N) is 1. The van der Waals surface area contributed by atoms with E-state index < -0.39 is 83.4 Å². The van der Waals surface area contributed by atoms with Crippen molar-refractivity contribution >= 4 is 17.7 Å². The van der Waals surface area contributed by atoms with Crippen LogP contribution in [0.3, 0.4) is 0 Å². The van der Waals surface area contributed by atoms with Crippen LogP contribution in [0.2, 0.25) is 0 Å². The smallest absolute Gasteiger partial charge is 0.349 e. The molecule has 0 fully saturated rings. The highest BCUT2D eigenvalue weighted by Gasteiger charge is 2.97. The van der Waals surface area contributed by atoms with Gasteiger partial charge in [-0.3, -0.25) is 4.79 Å². The number of aliphatic imine (C=N–C) groups is 1. The van der Waals surface area contributed by atoms with Crippen LogP contribution in [0.1, 0.15) is 29.3 Å². The third-order valence-electron chi connectivity index (χ3n) is 6.14. The summed E-state index contributed by atoms with van der Waals surface area (Å²) in [6.07, 6.45) is -9.95. The first-order valence-electron chi connectivity index (χ1n) is 11.4. The highest BCUT2D eigenvalue weighted by molar-refractivity contribution is 5.95. The molecule has 0 radical (unpaired) electrons. The monoisotopic (exact) mass is 736 g/mol. The number of halogens is 21. The Morgan fingerprint density at radius 2 is 1.02 bits per heavy atom. The number of nitrogens with one attached hydrogen (secondary N) is 1. The molecular weight excluding hydrogens is 723 g/mol. The Hall–Kier alpha value is -3.40. The van der Waals surface area contributed by atoms with Gasteiger partial charge in [-0.05, 0) is 37.6 Å². The average molecular weight is 736 g/mol. The van der Waals surface area contributed by atoms with Crippen LogP contribution in [0, 0.1) is 6.92 Å². The second kappa shape index (κ2) is 11.9. The summed E-state index contributed by atoms with van der Waals surface area (Å²) in [7, 11) is 0. The van der Waals surface area contributed by atoms with Gasteiger partial charge >= 0.3 is 59.5 Å². The molecule has 1 amide bonds. The molecular formula is C22H13F21N2O2. The summed E-state index contributed by atoms with van der Waals surface area (Å²) in [4.78, 5) is 25.6. The zero-order valence-electron chi connectivity index (χ0n) is 22.2. The molecule has 0 aliphatic rings. The van der Waals surface area contributed by atoms with E-state index in [-0.39, 0.29) is 18.2 Å². The van der Waals surface area contributed by atoms with Crippen molar-refractivity contribution in [3.8, 4) is 0 Å². The molecule has 0 saturated heterocycles. The molecule has 0 heterocycles. The summed E-state index contributed by atoms with van der Waals surface area (Å²) in [6.45, 7) is 1.44. The Balaban J connectivity index is 3.53. The summed E-state index contributed by atoms with van der Waals surface area (Å²) in [5.41, 5.74) is -0.700. The van der Waals surface area contributed by atoms with Crippen LogP contribution in [0.15, 0.2) is 23.2 Å². The molecule has 270 valence electrons. The minimum absolute atomic E-state index is 0.00409. The lowest BCUT2D eigenvalue weighted by Gasteiger charge is -2.44. The lowest BCUT2D eigenvalue weighted by Crippen LogP contribution is -2.76. The van der Waals surface area contributed by atoms with Gasteiger partial charge in [0, 0.05) is 18.0 Å². The van der Waals surface area contributed by atoms with Crippen LogP contribution in [-0.4, -0.2) is 77.5 Å². The molecule has 0 aliphatic heterocycles. The van der Waals surface area contributed by atoms with Crippen molar-refractivity contribution in [1.82, 2.24) is 5.32 Å². The SMILES string of the molecule is Cc1cc(C(=O)NC(C)CC(F)(F)C(F)(F)C(F)(F)C(F)(F)C(F)(F)C(F)(F)C(F)(F)C(F)(F)C(F)(F)C(F)(F)F)ccc1N=C=O. The van der Waals surface area contributed by atoms with Crippen LogP contribution in [-0.2, 0) is 4.79 Å². The molecule has 4 nitrogen and oxygen atoms in total. The number of carbonyl (C=O) groups is 1. The van der Waals surface area contributed by atoms with E-state index in [0.717, 1.165) is 24.3 Å². The Kier molecular flexibility index (Phi) is 10.6. The number of carbonyl (C=O) groups excluding carboxylic acids is 2. The number of isocyanates is 1. The van der Waals surface area contributed by atoms with Crippen molar-refractivity contribution in [3.05, 3.63) is 29.3 Å². The van der Waals surface area contributed by atoms with Gasteiger partial charge in [-0.25, -0.2) is 4.79 Å². The van der Waals surface area contributed by atoms with Gasteiger partial charge in [-0.2, -0.15) is 97.2 Å². The molecule has 0 saturated carbocycles. The molecule has 0 spiro atoms. The van der Waals surface area contributed by atoms with Crippen LogP contribution in [0.5, 0.6) is 0 Å². The molecule has 1 rings (SSSR count). The average Bonchev–Trinajstić information content (AvgIpc) is 2.87. The first-order chi connectivity index (χ1) is 20.5. The van der Waals surface area contributed by atoms with Crippen LogP contribution in [0.25, 0.3) is 0 Å². The minimum atomic E-state index is -9.25. The predicted molar refractivity (Wildman–Crippen MR) is 111 cm³/mol. The highest BCUT2D eigenvalue weighted by atomic mass is 19.4. The van der Waals surface area contributed by atoms with Gasteiger partial charge in [0.05, 0.1) is 5.69 Å². The highest BCUT2D eigenvalue weighted by Crippen LogP contribution is 2.66. The number of hydrogen-bond acceptors (Lipinski definition) is 3. The van der Waals surface area contributed by atoms with Crippen molar-refractivity contribution in [2.45, 2.75) is 85.8 Å². The maximum absolute atomic E-state index is 14.2. The van der Waals surface area contributed by atoms with E-state index in [1.54, 1.807) is 0 Å². The van der Waals surface area contributed by atoms with Crippen LogP contribution < -0.4 is 5.32 Å². The Bertz CT molecular complexity index is 1380. The van der Waals surface area contributed by atoms with Gasteiger partial charge in [0.1, 0.15) is 0 Å². The topological polar surface area (TPSA) is 58.5 Å². The summed E-state index contributed by atoms with van der Waals surface area (Å²) in [6, 6.07) is -0.0227. The van der Waals surface area contributed by atoms with Crippen molar-refractivity contribution < 1.29 is 102 Å². The number of aryl methyl sites for hydroxylation is 1. The van der Waals surface area contributed by atoms with E-state index >= 15 is 0 Å². The van der Waals surface area contributed by atoms with Crippen LogP contribution in [0.4, 0.5) is 97.9 Å². The Labute approximate surface area is 246 Å². The summed E-state index contributed by atoms with van der Waals surface area (Å²) < 4.78 is 284. The summed E-state index contributed by atoms with van der Waals surface area (Å²) in [5.74, 6) is -79.3. The third kappa shape index (κ3) is 6.18. The summed E-state index contributed by atoms with van der Waals surface area (Å²) >= 11 is 0. The van der Waals surface area contributed by atoms with E-state index in [1.165, 1.54) is 12.2 Å². The molecule has 0 aliphatic carbocycles. The van der Waals surface area contributed by atoms with Crippen molar-refractivity contribution in [2.75, 3.05) is 0 Å². The van der Waals surface area contributed by atoms with Gasteiger partial charge < -0.3 is 5.32 Å². The predicted octanol–water partition coefficient (Wildman–Crippen LogP) is 8.75. The summed E-state index contributed by atoms with van der Waals surface area (Å²) in [5, 5.41) is 1.40. The zero-order valence-corrected chi connectivity index (χ0v) is 22.2. The van der Waals surface area contributed by atoms with E-state index in [0.29, 0.717) is 0 Å². The normalized spacial score (nSPS) is 15.6. The number of alkyl halides is 21. The maximum Gasteiger partial charge on any atom is 0.460 e. The van der Waals surface area contributed by atoms with Crippen molar-refractivity contribution in [1.29, 1.82) is 0 Å². The first kappa shape index (κ1) is 41.6. The molecule has 1 atom stereocenters. The van der Waals surface area contributed by atoms with Gasteiger partial charge in [0.25, 0.3) is 5.91 Å². The van der Waals surface area contributed by atoms with Crippen molar-refractivity contribution in [3.63, 3.8) is 0 Å². The molecule has 0 bridgehead atoms. The Morgan fingerprint density at radius 3 is 1.36 bits per heavy atom. The fraction of sp³-hybridized carbons (Fsp3) is 0.636. The van der Waals surface area contributed by atoms with E-state index in [9.17, 15) is 102 Å². The lowest BCUT2D eigenvalue weighted by molar-refractivity contribution is -0.474. The third-order valence-corrected chi connectivity index (χ3v) is 6.14. The zero-order chi connectivity index (χ0) is 37.8. The molecule has 1 unspecified atom stereocenters. The van der Waals surface area contributed by atoms with Gasteiger partial charge in [0.15, 0.2) is 0 Å². The second-order valence-corrected chi connectivity index (χ2v) is 9.58. The second-order valence-electron chi connectivity index (χ2n) is 9.58.